The van der Waals surface area contributed by atoms with Gasteiger partial charge in [-0.1, -0.05) is 20.3 Å². The van der Waals surface area contributed by atoms with Crippen molar-refractivity contribution in [2.75, 3.05) is 33.5 Å². The molecule has 1 aliphatic rings. The molecule has 0 radical (unpaired) electrons. The van der Waals surface area contributed by atoms with Gasteiger partial charge in [-0.15, -0.1) is 0 Å². The maximum atomic E-state index is 5.75. The highest BCUT2D eigenvalue weighted by molar-refractivity contribution is 4.71. The Bertz CT molecular complexity index is 158. The van der Waals surface area contributed by atoms with E-state index in [0.717, 1.165) is 32.8 Å². The van der Waals surface area contributed by atoms with Crippen molar-refractivity contribution in [1.82, 2.24) is 5.32 Å². The van der Waals surface area contributed by atoms with Crippen molar-refractivity contribution in [3.63, 3.8) is 0 Å². The Morgan fingerprint density at radius 2 is 2.33 bits per heavy atom. The highest BCUT2D eigenvalue weighted by Crippen LogP contribution is 2.13. The minimum atomic E-state index is 0.484. The molecule has 0 aromatic rings. The molecule has 1 fully saturated rings. The molecule has 3 nitrogen and oxygen atoms in total. The molecule has 1 aliphatic heterocycles. The van der Waals surface area contributed by atoms with Crippen molar-refractivity contribution in [2.45, 2.75) is 32.7 Å². The molecule has 0 spiro atoms. The van der Waals surface area contributed by atoms with Crippen LogP contribution in [-0.4, -0.2) is 39.5 Å². The quantitative estimate of drug-likeness (QED) is 0.701. The molecule has 0 bridgehead atoms. The summed E-state index contributed by atoms with van der Waals surface area (Å²) in [6.45, 7) is 7.96. The zero-order valence-electron chi connectivity index (χ0n) is 10.3. The summed E-state index contributed by atoms with van der Waals surface area (Å²) in [5.74, 6) is 1.30. The second kappa shape index (κ2) is 7.20. The number of hydrogen-bond donors (Lipinski definition) is 1. The van der Waals surface area contributed by atoms with Gasteiger partial charge in [0.05, 0.1) is 19.8 Å². The summed E-state index contributed by atoms with van der Waals surface area (Å²) in [6, 6.07) is 0.484. The summed E-state index contributed by atoms with van der Waals surface area (Å²) in [7, 11) is 2.01. The van der Waals surface area contributed by atoms with Crippen molar-refractivity contribution >= 4 is 0 Å². The van der Waals surface area contributed by atoms with Crippen LogP contribution in [0.1, 0.15) is 26.7 Å². The maximum Gasteiger partial charge on any atom is 0.0622 e. The first-order valence-corrected chi connectivity index (χ1v) is 6.10. The standard InChI is InChI=1S/C12H25NO2/c1-4-10(2)12(13-3)9-15-8-11-5-6-14-7-11/h10-13H,4-9H2,1-3H3. The Labute approximate surface area is 93.5 Å². The third-order valence-electron chi connectivity index (χ3n) is 3.38. The molecule has 0 aliphatic carbocycles. The first-order valence-electron chi connectivity index (χ1n) is 6.10. The van der Waals surface area contributed by atoms with Crippen LogP contribution in [0, 0.1) is 11.8 Å². The largest absolute Gasteiger partial charge is 0.381 e. The Hall–Kier alpha value is -0.120. The molecule has 15 heavy (non-hydrogen) atoms. The summed E-state index contributed by atoms with van der Waals surface area (Å²) >= 11 is 0. The second-order valence-electron chi connectivity index (χ2n) is 4.55. The first kappa shape index (κ1) is 12.9. The summed E-state index contributed by atoms with van der Waals surface area (Å²) < 4.78 is 11.1. The fraction of sp³-hybridized carbons (Fsp3) is 1.00. The molecule has 3 unspecified atom stereocenters. The average Bonchev–Trinajstić information content (AvgIpc) is 2.76. The molecule has 90 valence electrons. The van der Waals surface area contributed by atoms with Crippen LogP contribution < -0.4 is 5.32 Å². The molecule has 0 amide bonds. The minimum Gasteiger partial charge on any atom is -0.381 e. The van der Waals surface area contributed by atoms with Gasteiger partial charge in [0.1, 0.15) is 0 Å². The van der Waals surface area contributed by atoms with Crippen LogP contribution in [0.4, 0.5) is 0 Å². The molecule has 0 aromatic carbocycles. The third kappa shape index (κ3) is 4.49. The van der Waals surface area contributed by atoms with Crippen LogP contribution in [0.3, 0.4) is 0 Å². The van der Waals surface area contributed by atoms with Crippen LogP contribution in [0.25, 0.3) is 0 Å². The Balaban J connectivity index is 2.10. The lowest BCUT2D eigenvalue weighted by atomic mass is 10.0. The zero-order chi connectivity index (χ0) is 11.1. The average molecular weight is 215 g/mol. The maximum absolute atomic E-state index is 5.75. The lowest BCUT2D eigenvalue weighted by Crippen LogP contribution is -2.36. The van der Waals surface area contributed by atoms with Gasteiger partial charge in [0, 0.05) is 18.6 Å². The van der Waals surface area contributed by atoms with Crippen molar-refractivity contribution in [1.29, 1.82) is 0 Å². The summed E-state index contributed by atoms with van der Waals surface area (Å²) in [6.07, 6.45) is 2.36. The Morgan fingerprint density at radius 1 is 1.53 bits per heavy atom. The minimum absolute atomic E-state index is 0.484. The molecule has 3 heteroatoms. The molecular formula is C12H25NO2. The number of rotatable bonds is 7. The molecule has 0 aromatic heterocycles. The Morgan fingerprint density at radius 3 is 2.87 bits per heavy atom. The fourth-order valence-electron chi connectivity index (χ4n) is 1.89. The number of ether oxygens (including phenoxy) is 2. The van der Waals surface area contributed by atoms with Gasteiger partial charge in [0.15, 0.2) is 0 Å². The van der Waals surface area contributed by atoms with Crippen LogP contribution in [-0.2, 0) is 9.47 Å². The van der Waals surface area contributed by atoms with E-state index in [-0.39, 0.29) is 0 Å². The highest BCUT2D eigenvalue weighted by atomic mass is 16.5. The van der Waals surface area contributed by atoms with Gasteiger partial charge in [0.25, 0.3) is 0 Å². The summed E-state index contributed by atoms with van der Waals surface area (Å²) in [5.41, 5.74) is 0. The van der Waals surface area contributed by atoms with Crippen molar-refractivity contribution in [3.8, 4) is 0 Å². The molecule has 0 saturated carbocycles. The predicted octanol–water partition coefficient (Wildman–Crippen LogP) is 1.67. The normalized spacial score (nSPS) is 25.4. The van der Waals surface area contributed by atoms with Crippen molar-refractivity contribution in [2.24, 2.45) is 11.8 Å². The molecule has 3 atom stereocenters. The lowest BCUT2D eigenvalue weighted by Gasteiger charge is -2.22. The molecule has 1 N–H and O–H groups in total. The van der Waals surface area contributed by atoms with Gasteiger partial charge in [-0.2, -0.15) is 0 Å². The van der Waals surface area contributed by atoms with E-state index in [4.69, 9.17) is 9.47 Å². The van der Waals surface area contributed by atoms with E-state index in [1.807, 2.05) is 7.05 Å². The van der Waals surface area contributed by atoms with Gasteiger partial charge in [-0.3, -0.25) is 0 Å². The zero-order valence-corrected chi connectivity index (χ0v) is 10.3. The fourth-order valence-corrected chi connectivity index (χ4v) is 1.89. The van der Waals surface area contributed by atoms with Crippen LogP contribution in [0.15, 0.2) is 0 Å². The van der Waals surface area contributed by atoms with Gasteiger partial charge in [0.2, 0.25) is 0 Å². The number of hydrogen-bond acceptors (Lipinski definition) is 3. The van der Waals surface area contributed by atoms with Crippen LogP contribution >= 0.6 is 0 Å². The van der Waals surface area contributed by atoms with E-state index < -0.39 is 0 Å². The van der Waals surface area contributed by atoms with Crippen molar-refractivity contribution in [3.05, 3.63) is 0 Å². The number of likely N-dealkylation sites (N-methyl/N-ethyl adjacent to an activating group) is 1. The van der Waals surface area contributed by atoms with Crippen molar-refractivity contribution < 1.29 is 9.47 Å². The SMILES string of the molecule is CCC(C)C(COCC1CCOC1)NC. The highest BCUT2D eigenvalue weighted by Gasteiger charge is 2.18. The van der Waals surface area contributed by atoms with E-state index in [9.17, 15) is 0 Å². The van der Waals surface area contributed by atoms with E-state index in [0.29, 0.717) is 17.9 Å². The van der Waals surface area contributed by atoms with E-state index >= 15 is 0 Å². The van der Waals surface area contributed by atoms with Crippen LogP contribution in [0.5, 0.6) is 0 Å². The molecule has 1 rings (SSSR count). The topological polar surface area (TPSA) is 30.5 Å². The van der Waals surface area contributed by atoms with Crippen LogP contribution in [0.2, 0.25) is 0 Å². The van der Waals surface area contributed by atoms with Gasteiger partial charge in [-0.05, 0) is 19.4 Å². The van der Waals surface area contributed by atoms with E-state index in [1.54, 1.807) is 0 Å². The molecule has 1 saturated heterocycles. The van der Waals surface area contributed by atoms with Gasteiger partial charge in [-0.25, -0.2) is 0 Å². The summed E-state index contributed by atoms with van der Waals surface area (Å²) in [5, 5.41) is 3.32. The Kier molecular flexibility index (Phi) is 6.22. The molecular weight excluding hydrogens is 190 g/mol. The monoisotopic (exact) mass is 215 g/mol. The predicted molar refractivity (Wildman–Crippen MR) is 62.0 cm³/mol. The third-order valence-corrected chi connectivity index (χ3v) is 3.38. The van der Waals surface area contributed by atoms with E-state index in [1.165, 1.54) is 6.42 Å². The van der Waals surface area contributed by atoms with Gasteiger partial charge >= 0.3 is 0 Å². The van der Waals surface area contributed by atoms with Gasteiger partial charge < -0.3 is 14.8 Å². The lowest BCUT2D eigenvalue weighted by molar-refractivity contribution is 0.0652. The smallest absolute Gasteiger partial charge is 0.0622 e. The van der Waals surface area contributed by atoms with E-state index in [2.05, 4.69) is 19.2 Å². The summed E-state index contributed by atoms with van der Waals surface area (Å²) in [4.78, 5) is 0. The first-order chi connectivity index (χ1) is 7.27. The second-order valence-corrected chi connectivity index (χ2v) is 4.55. The molecule has 1 heterocycles. The number of nitrogens with one attached hydrogen (secondary N) is 1.